The molecule has 9 rings (SSSR count). The number of nitrogens with zero attached hydrogens (tertiary/aromatic N) is 7. The van der Waals surface area contributed by atoms with Gasteiger partial charge in [0.1, 0.15) is 0 Å². The highest BCUT2D eigenvalue weighted by atomic mass is 15.1. The molecular weight excluding hydrogens is 651 g/mol. The molecule has 9 aromatic rings. The van der Waals surface area contributed by atoms with E-state index in [0.717, 1.165) is 66.4 Å². The average molecular weight is 678 g/mol. The number of rotatable bonds is 6. The number of aromatic nitrogens is 5. The zero-order chi connectivity index (χ0) is 35.7. The van der Waals surface area contributed by atoms with Crippen LogP contribution in [0.15, 0.2) is 164 Å². The molecule has 0 aliphatic rings. The molecule has 6 aromatic carbocycles. The standard InChI is InChI=1S/C46H27N7/c47-28-30-15-18-37(36(25-30)29-48)35-16-19-39-38-13-7-8-14-41(38)53(43(39)27-35)42-20-17-34(31-21-23-49-24-22-31)26-40(42)46-51-44(32-9-3-1-4-10-32)50-45(52-46)33-11-5-2-6-12-33/h1-27H. The number of hydrogen-bond donors (Lipinski definition) is 0. The number of benzene rings is 6. The Labute approximate surface area is 305 Å². The molecular formula is C46H27N7. The Morgan fingerprint density at radius 2 is 1.08 bits per heavy atom. The minimum absolute atomic E-state index is 0.445. The van der Waals surface area contributed by atoms with Gasteiger partial charge < -0.3 is 4.57 Å². The van der Waals surface area contributed by atoms with E-state index >= 15 is 0 Å². The normalized spacial score (nSPS) is 11.0. The quantitative estimate of drug-likeness (QED) is 0.173. The topological polar surface area (TPSA) is 104 Å². The molecule has 3 aromatic heterocycles. The largest absolute Gasteiger partial charge is 0.308 e. The second-order valence-corrected chi connectivity index (χ2v) is 12.6. The van der Waals surface area contributed by atoms with Crippen molar-refractivity contribution in [1.82, 2.24) is 24.5 Å². The Morgan fingerprint density at radius 1 is 0.434 bits per heavy atom. The van der Waals surface area contributed by atoms with Crippen molar-refractivity contribution in [1.29, 1.82) is 10.5 Å². The molecule has 7 nitrogen and oxygen atoms in total. The van der Waals surface area contributed by atoms with Gasteiger partial charge in [0, 0.05) is 39.9 Å². The zero-order valence-electron chi connectivity index (χ0n) is 28.2. The van der Waals surface area contributed by atoms with E-state index in [1.165, 1.54) is 0 Å². The van der Waals surface area contributed by atoms with Crippen LogP contribution in [0.1, 0.15) is 11.1 Å². The third kappa shape index (κ3) is 5.65. The molecule has 0 radical (unpaired) electrons. The van der Waals surface area contributed by atoms with Crippen LogP contribution in [0.3, 0.4) is 0 Å². The molecule has 53 heavy (non-hydrogen) atoms. The first-order valence-corrected chi connectivity index (χ1v) is 17.1. The van der Waals surface area contributed by atoms with Gasteiger partial charge in [-0.1, -0.05) is 103 Å². The highest BCUT2D eigenvalue weighted by Crippen LogP contribution is 2.40. The summed E-state index contributed by atoms with van der Waals surface area (Å²) in [7, 11) is 0. The van der Waals surface area contributed by atoms with Gasteiger partial charge in [-0.25, -0.2) is 15.0 Å². The maximum Gasteiger partial charge on any atom is 0.166 e. The highest BCUT2D eigenvalue weighted by Gasteiger charge is 2.21. The van der Waals surface area contributed by atoms with E-state index in [-0.39, 0.29) is 0 Å². The third-order valence-electron chi connectivity index (χ3n) is 9.45. The summed E-state index contributed by atoms with van der Waals surface area (Å²) in [5, 5.41) is 21.7. The monoisotopic (exact) mass is 677 g/mol. The van der Waals surface area contributed by atoms with Gasteiger partial charge in [0.25, 0.3) is 0 Å². The number of nitriles is 2. The average Bonchev–Trinajstić information content (AvgIpc) is 3.57. The first kappa shape index (κ1) is 31.3. The molecule has 0 aliphatic heterocycles. The number of fused-ring (bicyclic) bond motifs is 3. The lowest BCUT2D eigenvalue weighted by Gasteiger charge is -2.16. The van der Waals surface area contributed by atoms with E-state index in [1.807, 2.05) is 97.1 Å². The molecule has 0 saturated heterocycles. The first-order chi connectivity index (χ1) is 26.2. The molecule has 0 spiro atoms. The van der Waals surface area contributed by atoms with Gasteiger partial charge >= 0.3 is 0 Å². The number of para-hydroxylation sites is 1. The van der Waals surface area contributed by atoms with Crippen LogP contribution in [-0.4, -0.2) is 24.5 Å². The smallest absolute Gasteiger partial charge is 0.166 e. The lowest BCUT2D eigenvalue weighted by molar-refractivity contribution is 1.06. The van der Waals surface area contributed by atoms with Crippen molar-refractivity contribution >= 4 is 21.8 Å². The second-order valence-electron chi connectivity index (χ2n) is 12.6. The molecule has 0 amide bonds. The summed E-state index contributed by atoms with van der Waals surface area (Å²) in [5.41, 5.74) is 9.97. The van der Waals surface area contributed by atoms with Gasteiger partial charge in [-0.2, -0.15) is 10.5 Å². The fraction of sp³-hybridized carbons (Fsp3) is 0. The molecule has 0 fully saturated rings. The zero-order valence-corrected chi connectivity index (χ0v) is 28.2. The van der Waals surface area contributed by atoms with E-state index in [0.29, 0.717) is 28.6 Å². The maximum absolute atomic E-state index is 10.1. The van der Waals surface area contributed by atoms with E-state index in [4.69, 9.17) is 15.0 Å². The van der Waals surface area contributed by atoms with E-state index in [9.17, 15) is 10.5 Å². The van der Waals surface area contributed by atoms with Crippen molar-refractivity contribution in [3.63, 3.8) is 0 Å². The summed E-state index contributed by atoms with van der Waals surface area (Å²) >= 11 is 0. The molecule has 0 unspecified atom stereocenters. The minimum Gasteiger partial charge on any atom is -0.308 e. The lowest BCUT2D eigenvalue weighted by Crippen LogP contribution is -2.04. The Morgan fingerprint density at radius 3 is 1.77 bits per heavy atom. The minimum atomic E-state index is 0.445. The number of hydrogen-bond acceptors (Lipinski definition) is 6. The fourth-order valence-electron chi connectivity index (χ4n) is 6.92. The summed E-state index contributed by atoms with van der Waals surface area (Å²) in [4.78, 5) is 19.5. The molecule has 3 heterocycles. The Balaban J connectivity index is 1.35. The maximum atomic E-state index is 10.1. The summed E-state index contributed by atoms with van der Waals surface area (Å²) < 4.78 is 2.25. The van der Waals surface area contributed by atoms with Crippen LogP contribution in [0.4, 0.5) is 0 Å². The molecule has 0 aliphatic carbocycles. The Hall–Kier alpha value is -7.74. The Bertz CT molecular complexity index is 2850. The second kappa shape index (κ2) is 13.2. The fourth-order valence-corrected chi connectivity index (χ4v) is 6.92. The van der Waals surface area contributed by atoms with Crippen LogP contribution in [0.5, 0.6) is 0 Å². The van der Waals surface area contributed by atoms with Crippen molar-refractivity contribution in [3.05, 3.63) is 175 Å². The van der Waals surface area contributed by atoms with Crippen molar-refractivity contribution in [2.45, 2.75) is 0 Å². The van der Waals surface area contributed by atoms with Crippen molar-refractivity contribution in [2.75, 3.05) is 0 Å². The van der Waals surface area contributed by atoms with Crippen LogP contribution in [0.2, 0.25) is 0 Å². The SMILES string of the molecule is N#Cc1ccc(-c2ccc3c4ccccc4n(-c4ccc(-c5ccncc5)cc4-c4nc(-c5ccccc5)nc(-c5ccccc5)n4)c3c2)c(C#N)c1. The molecule has 0 saturated carbocycles. The van der Waals surface area contributed by atoms with Gasteiger partial charge in [-0.15, -0.1) is 0 Å². The first-order valence-electron chi connectivity index (χ1n) is 17.1. The Kier molecular flexibility index (Phi) is 7.78. The van der Waals surface area contributed by atoms with Crippen molar-refractivity contribution in [2.24, 2.45) is 0 Å². The summed E-state index contributed by atoms with van der Waals surface area (Å²) in [6, 6.07) is 54.6. The van der Waals surface area contributed by atoms with Crippen LogP contribution >= 0.6 is 0 Å². The van der Waals surface area contributed by atoms with Gasteiger partial charge in [0.15, 0.2) is 17.5 Å². The van der Waals surface area contributed by atoms with Gasteiger partial charge in [0.2, 0.25) is 0 Å². The predicted octanol–water partition coefficient (Wildman–Crippen LogP) is 10.4. The number of pyridine rings is 1. The van der Waals surface area contributed by atoms with Crippen molar-refractivity contribution < 1.29 is 0 Å². The third-order valence-corrected chi connectivity index (χ3v) is 9.45. The van der Waals surface area contributed by atoms with Crippen LogP contribution in [0.25, 0.3) is 83.9 Å². The van der Waals surface area contributed by atoms with Crippen LogP contribution in [0, 0.1) is 22.7 Å². The molecule has 0 N–H and O–H groups in total. The van der Waals surface area contributed by atoms with E-state index in [1.54, 1.807) is 24.5 Å². The van der Waals surface area contributed by atoms with Crippen LogP contribution < -0.4 is 0 Å². The summed E-state index contributed by atoms with van der Waals surface area (Å²) in [6.07, 6.45) is 3.58. The van der Waals surface area contributed by atoms with E-state index < -0.39 is 0 Å². The van der Waals surface area contributed by atoms with E-state index in [2.05, 4.69) is 64.2 Å². The van der Waals surface area contributed by atoms with Crippen LogP contribution in [-0.2, 0) is 0 Å². The highest BCUT2D eigenvalue weighted by molar-refractivity contribution is 6.11. The molecule has 0 atom stereocenters. The van der Waals surface area contributed by atoms with Gasteiger partial charge in [-0.05, 0) is 70.8 Å². The predicted molar refractivity (Wildman–Crippen MR) is 209 cm³/mol. The van der Waals surface area contributed by atoms with Crippen molar-refractivity contribution in [3.8, 4) is 74.2 Å². The lowest BCUT2D eigenvalue weighted by atomic mass is 9.97. The van der Waals surface area contributed by atoms with Gasteiger partial charge in [0.05, 0.1) is 40.0 Å². The molecule has 246 valence electrons. The molecule has 7 heteroatoms. The summed E-state index contributed by atoms with van der Waals surface area (Å²) in [5.74, 6) is 1.68. The van der Waals surface area contributed by atoms with Gasteiger partial charge in [-0.3, -0.25) is 4.98 Å². The summed E-state index contributed by atoms with van der Waals surface area (Å²) in [6.45, 7) is 0. The molecule has 0 bridgehead atoms.